The molecule has 0 aliphatic carbocycles. The minimum absolute atomic E-state index is 0.0910. The first-order valence-electron chi connectivity index (χ1n) is 4.49. The minimum Gasteiger partial charge on any atom is -0.383 e. The van der Waals surface area contributed by atoms with Gasteiger partial charge in [0.15, 0.2) is 0 Å². The van der Waals surface area contributed by atoms with Crippen LogP contribution in [0.4, 0.5) is 0 Å². The van der Waals surface area contributed by atoms with Gasteiger partial charge in [0, 0.05) is 27.1 Å². The van der Waals surface area contributed by atoms with Gasteiger partial charge in [-0.1, -0.05) is 0 Å². The molecular weight excluding hydrogens is 198 g/mol. The first-order valence-corrected chi connectivity index (χ1v) is 5.44. The van der Waals surface area contributed by atoms with Gasteiger partial charge in [-0.2, -0.15) is 11.3 Å². The highest BCUT2D eigenvalue weighted by Gasteiger charge is 2.08. The number of amides is 1. The van der Waals surface area contributed by atoms with Crippen LogP contribution in [0.2, 0.25) is 0 Å². The van der Waals surface area contributed by atoms with Crippen molar-refractivity contribution in [1.82, 2.24) is 4.90 Å². The Labute approximate surface area is 88.3 Å². The molecule has 0 atom stereocenters. The number of methoxy groups -OCH3 is 1. The fraction of sp³-hybridized carbons (Fsp3) is 0.500. The SMILES string of the molecule is COCCN(Cc1ccsc1)C(C)=O. The monoisotopic (exact) mass is 213 g/mol. The molecule has 0 unspecified atom stereocenters. The van der Waals surface area contributed by atoms with Gasteiger partial charge in [-0.3, -0.25) is 4.79 Å². The lowest BCUT2D eigenvalue weighted by atomic mass is 10.3. The summed E-state index contributed by atoms with van der Waals surface area (Å²) >= 11 is 1.65. The summed E-state index contributed by atoms with van der Waals surface area (Å²) in [5, 5.41) is 4.08. The summed E-state index contributed by atoms with van der Waals surface area (Å²) < 4.78 is 4.95. The van der Waals surface area contributed by atoms with Gasteiger partial charge in [-0.05, 0) is 22.4 Å². The maximum atomic E-state index is 11.2. The zero-order valence-corrected chi connectivity index (χ0v) is 9.34. The van der Waals surface area contributed by atoms with Crippen LogP contribution in [-0.4, -0.2) is 31.1 Å². The minimum atomic E-state index is 0.0910. The van der Waals surface area contributed by atoms with E-state index in [1.165, 1.54) is 5.56 Å². The van der Waals surface area contributed by atoms with E-state index in [0.717, 1.165) is 0 Å². The first kappa shape index (κ1) is 11.2. The molecule has 78 valence electrons. The predicted molar refractivity (Wildman–Crippen MR) is 57.3 cm³/mol. The molecule has 0 aliphatic heterocycles. The lowest BCUT2D eigenvalue weighted by Crippen LogP contribution is -2.31. The predicted octanol–water partition coefficient (Wildman–Crippen LogP) is 1.74. The molecule has 0 fully saturated rings. The average molecular weight is 213 g/mol. The van der Waals surface area contributed by atoms with E-state index in [-0.39, 0.29) is 5.91 Å². The highest BCUT2D eigenvalue weighted by molar-refractivity contribution is 7.07. The first-order chi connectivity index (χ1) is 6.74. The molecule has 4 heteroatoms. The van der Waals surface area contributed by atoms with Gasteiger partial charge in [-0.25, -0.2) is 0 Å². The molecule has 0 aliphatic rings. The van der Waals surface area contributed by atoms with Crippen molar-refractivity contribution in [2.75, 3.05) is 20.3 Å². The zero-order valence-electron chi connectivity index (χ0n) is 8.53. The highest BCUT2D eigenvalue weighted by atomic mass is 32.1. The van der Waals surface area contributed by atoms with Crippen LogP contribution in [0, 0.1) is 0 Å². The zero-order chi connectivity index (χ0) is 10.4. The maximum absolute atomic E-state index is 11.2. The van der Waals surface area contributed by atoms with Crippen LogP contribution in [0.1, 0.15) is 12.5 Å². The van der Waals surface area contributed by atoms with Crippen molar-refractivity contribution in [2.45, 2.75) is 13.5 Å². The summed E-state index contributed by atoms with van der Waals surface area (Å²) in [5.74, 6) is 0.0910. The number of nitrogens with zero attached hydrogens (tertiary/aromatic N) is 1. The van der Waals surface area contributed by atoms with Gasteiger partial charge in [0.2, 0.25) is 5.91 Å². The van der Waals surface area contributed by atoms with Gasteiger partial charge < -0.3 is 9.64 Å². The second-order valence-corrected chi connectivity index (χ2v) is 3.85. The van der Waals surface area contributed by atoms with Crippen molar-refractivity contribution in [3.63, 3.8) is 0 Å². The van der Waals surface area contributed by atoms with Crippen molar-refractivity contribution < 1.29 is 9.53 Å². The molecule has 0 spiro atoms. The van der Waals surface area contributed by atoms with E-state index < -0.39 is 0 Å². The number of thiophene rings is 1. The van der Waals surface area contributed by atoms with Crippen molar-refractivity contribution in [3.8, 4) is 0 Å². The third-order valence-corrected chi connectivity index (χ3v) is 2.70. The molecule has 1 heterocycles. The molecule has 14 heavy (non-hydrogen) atoms. The van der Waals surface area contributed by atoms with E-state index in [0.29, 0.717) is 19.7 Å². The van der Waals surface area contributed by atoms with E-state index in [4.69, 9.17) is 4.74 Å². The summed E-state index contributed by atoms with van der Waals surface area (Å²) in [6, 6.07) is 2.04. The molecule has 1 aromatic rings. The Hall–Kier alpha value is -0.870. The number of ether oxygens (including phenoxy) is 1. The number of carbonyl (C=O) groups is 1. The molecule has 0 aromatic carbocycles. The number of hydrogen-bond donors (Lipinski definition) is 0. The van der Waals surface area contributed by atoms with E-state index >= 15 is 0 Å². The lowest BCUT2D eigenvalue weighted by Gasteiger charge is -2.19. The van der Waals surface area contributed by atoms with Crippen molar-refractivity contribution >= 4 is 17.2 Å². The van der Waals surface area contributed by atoms with Crippen LogP contribution in [-0.2, 0) is 16.1 Å². The highest BCUT2D eigenvalue weighted by Crippen LogP contribution is 2.09. The van der Waals surface area contributed by atoms with Crippen molar-refractivity contribution in [2.24, 2.45) is 0 Å². The third-order valence-electron chi connectivity index (χ3n) is 1.96. The average Bonchev–Trinajstić information content (AvgIpc) is 2.64. The fourth-order valence-electron chi connectivity index (χ4n) is 1.15. The van der Waals surface area contributed by atoms with E-state index in [9.17, 15) is 4.79 Å². The normalized spacial score (nSPS) is 10.1. The van der Waals surface area contributed by atoms with Gasteiger partial charge in [0.1, 0.15) is 0 Å². The lowest BCUT2D eigenvalue weighted by molar-refractivity contribution is -0.130. The van der Waals surface area contributed by atoms with Gasteiger partial charge >= 0.3 is 0 Å². The number of hydrogen-bond acceptors (Lipinski definition) is 3. The summed E-state index contributed by atoms with van der Waals surface area (Å²) in [6.07, 6.45) is 0. The Morgan fingerprint density at radius 1 is 1.64 bits per heavy atom. The Bertz CT molecular complexity index is 272. The van der Waals surface area contributed by atoms with Crippen LogP contribution in [0.15, 0.2) is 16.8 Å². The second-order valence-electron chi connectivity index (χ2n) is 3.06. The molecule has 0 N–H and O–H groups in total. The van der Waals surface area contributed by atoms with Gasteiger partial charge in [0.05, 0.1) is 6.61 Å². The van der Waals surface area contributed by atoms with E-state index in [1.807, 2.05) is 11.4 Å². The van der Waals surface area contributed by atoms with Gasteiger partial charge in [0.25, 0.3) is 0 Å². The second kappa shape index (κ2) is 5.78. The molecular formula is C10H15NO2S. The van der Waals surface area contributed by atoms with Crippen molar-refractivity contribution in [1.29, 1.82) is 0 Å². The van der Waals surface area contributed by atoms with E-state index in [1.54, 1.807) is 30.3 Å². The van der Waals surface area contributed by atoms with E-state index in [2.05, 4.69) is 5.38 Å². The maximum Gasteiger partial charge on any atom is 0.219 e. The summed E-state index contributed by atoms with van der Waals surface area (Å²) in [6.45, 7) is 3.51. The Morgan fingerprint density at radius 2 is 2.43 bits per heavy atom. The summed E-state index contributed by atoms with van der Waals surface area (Å²) in [7, 11) is 1.64. The molecule has 0 saturated carbocycles. The summed E-state index contributed by atoms with van der Waals surface area (Å²) in [4.78, 5) is 13.0. The van der Waals surface area contributed by atoms with Crippen LogP contribution in [0.25, 0.3) is 0 Å². The molecule has 0 radical (unpaired) electrons. The quantitative estimate of drug-likeness (QED) is 0.745. The Kier molecular flexibility index (Phi) is 4.62. The summed E-state index contributed by atoms with van der Waals surface area (Å²) in [5.41, 5.74) is 1.18. The smallest absolute Gasteiger partial charge is 0.219 e. The van der Waals surface area contributed by atoms with Crippen LogP contribution < -0.4 is 0 Å². The van der Waals surface area contributed by atoms with Crippen molar-refractivity contribution in [3.05, 3.63) is 22.4 Å². The largest absolute Gasteiger partial charge is 0.383 e. The number of rotatable bonds is 5. The topological polar surface area (TPSA) is 29.5 Å². The molecule has 1 rings (SSSR count). The van der Waals surface area contributed by atoms with Crippen LogP contribution in [0.5, 0.6) is 0 Å². The molecule has 1 amide bonds. The van der Waals surface area contributed by atoms with Crippen LogP contribution in [0.3, 0.4) is 0 Å². The molecule has 1 aromatic heterocycles. The standard InChI is InChI=1S/C10H15NO2S/c1-9(12)11(4-5-13-2)7-10-3-6-14-8-10/h3,6,8H,4-5,7H2,1-2H3. The number of carbonyl (C=O) groups excluding carboxylic acids is 1. The fourth-order valence-corrected chi connectivity index (χ4v) is 1.81. The Balaban J connectivity index is 2.47. The molecule has 3 nitrogen and oxygen atoms in total. The Morgan fingerprint density at radius 3 is 2.93 bits per heavy atom. The molecule has 0 bridgehead atoms. The van der Waals surface area contributed by atoms with Gasteiger partial charge in [-0.15, -0.1) is 0 Å². The molecule has 0 saturated heterocycles. The van der Waals surface area contributed by atoms with Crippen LogP contribution >= 0.6 is 11.3 Å². The third kappa shape index (κ3) is 3.47.